The van der Waals surface area contributed by atoms with Crippen LogP contribution in [-0.4, -0.2) is 18.4 Å². The van der Waals surface area contributed by atoms with Gasteiger partial charge in [0.2, 0.25) is 11.8 Å². The molecular weight excluding hydrogens is 402 g/mol. The standard InChI is InChI=1S/C21H23ClF2N2O3/c1-3-17(16-6-4-5-7-19(16)29-21(23)24)26-20(28)12-18(25-13(2)27)14-8-10-15(22)11-9-14/h4-11,17-18,21H,3,12H2,1-2H3,(H,25,27)(H,26,28). The van der Waals surface area contributed by atoms with E-state index in [4.69, 9.17) is 11.6 Å². The first-order valence-electron chi connectivity index (χ1n) is 9.15. The maximum absolute atomic E-state index is 12.7. The van der Waals surface area contributed by atoms with Gasteiger partial charge in [-0.15, -0.1) is 0 Å². The van der Waals surface area contributed by atoms with Crippen molar-refractivity contribution in [1.82, 2.24) is 10.6 Å². The van der Waals surface area contributed by atoms with E-state index < -0.39 is 18.7 Å². The van der Waals surface area contributed by atoms with Crippen LogP contribution < -0.4 is 15.4 Å². The summed E-state index contributed by atoms with van der Waals surface area (Å²) in [6.07, 6.45) is 0.455. The largest absolute Gasteiger partial charge is 0.434 e. The first-order chi connectivity index (χ1) is 13.8. The van der Waals surface area contributed by atoms with Crippen molar-refractivity contribution in [3.63, 3.8) is 0 Å². The van der Waals surface area contributed by atoms with Crippen LogP contribution in [0.5, 0.6) is 5.75 Å². The molecule has 2 N–H and O–H groups in total. The summed E-state index contributed by atoms with van der Waals surface area (Å²) in [5, 5.41) is 6.13. The van der Waals surface area contributed by atoms with E-state index in [2.05, 4.69) is 15.4 Å². The Morgan fingerprint density at radius 2 is 1.69 bits per heavy atom. The summed E-state index contributed by atoms with van der Waals surface area (Å²) in [4.78, 5) is 24.2. The van der Waals surface area contributed by atoms with Gasteiger partial charge in [0.05, 0.1) is 18.5 Å². The molecule has 0 aromatic heterocycles. The van der Waals surface area contributed by atoms with Gasteiger partial charge in [-0.3, -0.25) is 9.59 Å². The first kappa shape index (κ1) is 22.6. The first-order valence-corrected chi connectivity index (χ1v) is 9.53. The highest BCUT2D eigenvalue weighted by molar-refractivity contribution is 6.30. The molecule has 0 saturated heterocycles. The zero-order chi connectivity index (χ0) is 21.4. The van der Waals surface area contributed by atoms with Gasteiger partial charge in [0.25, 0.3) is 0 Å². The molecule has 2 aromatic rings. The van der Waals surface area contributed by atoms with Crippen molar-refractivity contribution in [2.24, 2.45) is 0 Å². The highest BCUT2D eigenvalue weighted by Gasteiger charge is 2.22. The van der Waals surface area contributed by atoms with E-state index in [1.54, 1.807) is 42.5 Å². The summed E-state index contributed by atoms with van der Waals surface area (Å²) in [5.41, 5.74) is 1.19. The smallest absolute Gasteiger partial charge is 0.387 e. The molecule has 2 atom stereocenters. The fraction of sp³-hybridized carbons (Fsp3) is 0.333. The molecule has 2 rings (SSSR count). The number of amides is 2. The molecule has 2 unspecified atom stereocenters. The predicted octanol–water partition coefficient (Wildman–Crippen LogP) is 4.78. The topological polar surface area (TPSA) is 67.4 Å². The Kier molecular flexibility index (Phi) is 8.39. The van der Waals surface area contributed by atoms with Gasteiger partial charge in [0, 0.05) is 17.5 Å². The van der Waals surface area contributed by atoms with E-state index in [1.807, 2.05) is 6.92 Å². The van der Waals surface area contributed by atoms with Crippen LogP contribution in [0.2, 0.25) is 5.02 Å². The Morgan fingerprint density at radius 3 is 2.28 bits per heavy atom. The van der Waals surface area contributed by atoms with Crippen LogP contribution in [0.3, 0.4) is 0 Å². The van der Waals surface area contributed by atoms with Crippen LogP contribution in [0.1, 0.15) is 49.9 Å². The number of para-hydroxylation sites is 1. The van der Waals surface area contributed by atoms with E-state index in [0.717, 1.165) is 5.56 Å². The van der Waals surface area contributed by atoms with Crippen LogP contribution in [0.4, 0.5) is 8.78 Å². The molecule has 0 aliphatic heterocycles. The quantitative estimate of drug-likeness (QED) is 0.609. The summed E-state index contributed by atoms with van der Waals surface area (Å²) in [6, 6.07) is 12.1. The molecule has 8 heteroatoms. The number of rotatable bonds is 9. The lowest BCUT2D eigenvalue weighted by Crippen LogP contribution is -2.34. The average molecular weight is 425 g/mol. The minimum Gasteiger partial charge on any atom is -0.434 e. The number of benzene rings is 2. The summed E-state index contributed by atoms with van der Waals surface area (Å²) < 4.78 is 29.9. The van der Waals surface area contributed by atoms with Crippen molar-refractivity contribution in [1.29, 1.82) is 0 Å². The van der Waals surface area contributed by atoms with Crippen LogP contribution in [0, 0.1) is 0 Å². The van der Waals surface area contributed by atoms with Gasteiger partial charge in [-0.1, -0.05) is 48.9 Å². The molecule has 0 radical (unpaired) electrons. The lowest BCUT2D eigenvalue weighted by molar-refractivity contribution is -0.123. The second-order valence-corrected chi connectivity index (χ2v) is 6.89. The number of carbonyl (C=O) groups excluding carboxylic acids is 2. The Balaban J connectivity index is 2.15. The van der Waals surface area contributed by atoms with Crippen molar-refractivity contribution in [2.45, 2.75) is 45.4 Å². The van der Waals surface area contributed by atoms with E-state index >= 15 is 0 Å². The minimum absolute atomic E-state index is 0.0183. The SMILES string of the molecule is CCC(NC(=O)CC(NC(C)=O)c1ccc(Cl)cc1)c1ccccc1OC(F)F. The zero-order valence-corrected chi connectivity index (χ0v) is 16.9. The van der Waals surface area contributed by atoms with E-state index in [1.165, 1.54) is 13.0 Å². The molecule has 2 amide bonds. The summed E-state index contributed by atoms with van der Waals surface area (Å²) in [6.45, 7) is 0.237. The van der Waals surface area contributed by atoms with Crippen molar-refractivity contribution in [3.8, 4) is 5.75 Å². The van der Waals surface area contributed by atoms with Crippen LogP contribution in [-0.2, 0) is 9.59 Å². The maximum atomic E-state index is 12.7. The predicted molar refractivity (Wildman–Crippen MR) is 107 cm³/mol. The average Bonchev–Trinajstić information content (AvgIpc) is 2.66. The molecule has 0 fully saturated rings. The molecular formula is C21H23ClF2N2O3. The van der Waals surface area contributed by atoms with Gasteiger partial charge >= 0.3 is 6.61 Å². The maximum Gasteiger partial charge on any atom is 0.387 e. The third-order valence-electron chi connectivity index (χ3n) is 4.29. The van der Waals surface area contributed by atoms with Gasteiger partial charge in [0.15, 0.2) is 0 Å². The molecule has 5 nitrogen and oxygen atoms in total. The lowest BCUT2D eigenvalue weighted by atomic mass is 10.0. The van der Waals surface area contributed by atoms with Crippen LogP contribution >= 0.6 is 11.6 Å². The number of hydrogen-bond acceptors (Lipinski definition) is 3. The molecule has 2 aromatic carbocycles. The molecule has 0 saturated carbocycles. The molecule has 0 heterocycles. The monoisotopic (exact) mass is 424 g/mol. The van der Waals surface area contributed by atoms with Crippen molar-refractivity contribution in [3.05, 3.63) is 64.7 Å². The molecule has 156 valence electrons. The van der Waals surface area contributed by atoms with Crippen molar-refractivity contribution >= 4 is 23.4 Å². The van der Waals surface area contributed by atoms with Gasteiger partial charge < -0.3 is 15.4 Å². The van der Waals surface area contributed by atoms with Crippen LogP contribution in [0.25, 0.3) is 0 Å². The third-order valence-corrected chi connectivity index (χ3v) is 4.55. The highest BCUT2D eigenvalue weighted by Crippen LogP contribution is 2.29. The number of nitrogens with one attached hydrogen (secondary N) is 2. The van der Waals surface area contributed by atoms with Gasteiger partial charge in [0.1, 0.15) is 5.75 Å². The van der Waals surface area contributed by atoms with Gasteiger partial charge in [-0.25, -0.2) is 0 Å². The Labute approximate surface area is 173 Å². The molecule has 0 bridgehead atoms. The lowest BCUT2D eigenvalue weighted by Gasteiger charge is -2.23. The fourth-order valence-corrected chi connectivity index (χ4v) is 3.13. The van der Waals surface area contributed by atoms with E-state index in [0.29, 0.717) is 17.0 Å². The van der Waals surface area contributed by atoms with Gasteiger partial charge in [-0.2, -0.15) is 8.78 Å². The second-order valence-electron chi connectivity index (χ2n) is 6.45. The summed E-state index contributed by atoms with van der Waals surface area (Å²) in [5.74, 6) is -0.594. The normalized spacial score (nSPS) is 12.9. The van der Waals surface area contributed by atoms with E-state index in [-0.39, 0.29) is 24.0 Å². The van der Waals surface area contributed by atoms with Gasteiger partial charge in [-0.05, 0) is 30.2 Å². The second kappa shape index (κ2) is 10.8. The molecule has 29 heavy (non-hydrogen) atoms. The zero-order valence-electron chi connectivity index (χ0n) is 16.1. The number of alkyl halides is 2. The number of hydrogen-bond donors (Lipinski definition) is 2. The number of carbonyl (C=O) groups is 2. The summed E-state index contributed by atoms with van der Waals surface area (Å²) in [7, 11) is 0. The Bertz CT molecular complexity index is 831. The molecule has 0 aliphatic rings. The molecule has 0 aliphatic carbocycles. The fourth-order valence-electron chi connectivity index (χ4n) is 3.00. The van der Waals surface area contributed by atoms with Crippen molar-refractivity contribution < 1.29 is 23.1 Å². The number of ether oxygens (including phenoxy) is 1. The van der Waals surface area contributed by atoms with Crippen LogP contribution in [0.15, 0.2) is 48.5 Å². The summed E-state index contributed by atoms with van der Waals surface area (Å²) >= 11 is 5.90. The van der Waals surface area contributed by atoms with E-state index in [9.17, 15) is 18.4 Å². The number of halogens is 3. The Morgan fingerprint density at radius 1 is 1.03 bits per heavy atom. The Hall–Kier alpha value is -2.67. The third kappa shape index (κ3) is 7.02. The molecule has 0 spiro atoms. The highest BCUT2D eigenvalue weighted by atomic mass is 35.5. The minimum atomic E-state index is -2.96. The van der Waals surface area contributed by atoms with Crippen molar-refractivity contribution in [2.75, 3.05) is 0 Å².